The normalized spacial score (nSPS) is 18.4. The van der Waals surface area contributed by atoms with Gasteiger partial charge in [-0.2, -0.15) is 0 Å². The van der Waals surface area contributed by atoms with E-state index in [0.29, 0.717) is 29.0 Å². The summed E-state index contributed by atoms with van der Waals surface area (Å²) in [7, 11) is 0. The van der Waals surface area contributed by atoms with Crippen molar-refractivity contribution in [2.45, 2.75) is 32.1 Å². The number of Topliss-reactive ketones (excluding diaryl/α,β-unsaturated/α-hetero) is 1. The van der Waals surface area contributed by atoms with Crippen LogP contribution in [-0.2, 0) is 14.3 Å². The quantitative estimate of drug-likeness (QED) is 0.544. The minimum absolute atomic E-state index is 0.0389. The first-order chi connectivity index (χ1) is 15.0. The molecule has 0 fully saturated rings. The number of phenolic OH excluding ortho intramolecular Hbond substituents is 1. The third-order valence-electron chi connectivity index (χ3n) is 5.55. The summed E-state index contributed by atoms with van der Waals surface area (Å²) < 4.78 is 11.1. The summed E-state index contributed by atoms with van der Waals surface area (Å²) in [5.41, 5.74) is 3.36. The predicted molar refractivity (Wildman–Crippen MR) is 115 cm³/mol. The molecule has 2 N–H and O–H groups in total. The van der Waals surface area contributed by atoms with Crippen LogP contribution in [0, 0.1) is 0 Å². The molecule has 1 heterocycles. The molecule has 1 atom stereocenters. The fourth-order valence-electron chi connectivity index (χ4n) is 4.14. The van der Waals surface area contributed by atoms with Crippen molar-refractivity contribution < 1.29 is 24.2 Å². The van der Waals surface area contributed by atoms with Crippen molar-refractivity contribution in [1.82, 2.24) is 5.32 Å². The van der Waals surface area contributed by atoms with Gasteiger partial charge < -0.3 is 19.9 Å². The van der Waals surface area contributed by atoms with Crippen LogP contribution in [0.5, 0.6) is 11.5 Å². The number of rotatable bonds is 6. The van der Waals surface area contributed by atoms with Crippen molar-refractivity contribution >= 4 is 11.8 Å². The molecule has 0 saturated heterocycles. The van der Waals surface area contributed by atoms with E-state index < -0.39 is 11.9 Å². The zero-order valence-corrected chi connectivity index (χ0v) is 17.4. The first-order valence-electron chi connectivity index (χ1n) is 10.4. The highest BCUT2D eigenvalue weighted by Gasteiger charge is 2.39. The van der Waals surface area contributed by atoms with Gasteiger partial charge in [0.25, 0.3) is 0 Å². The predicted octanol–water partition coefficient (Wildman–Crippen LogP) is 3.98. The highest BCUT2D eigenvalue weighted by Crippen LogP contribution is 2.42. The molecule has 0 saturated carbocycles. The molecule has 1 aliphatic heterocycles. The number of hydrogen-bond donors (Lipinski definition) is 2. The lowest BCUT2D eigenvalue weighted by molar-refractivity contribution is -0.140. The largest absolute Gasteiger partial charge is 0.508 e. The first-order valence-corrected chi connectivity index (χ1v) is 10.4. The van der Waals surface area contributed by atoms with E-state index in [2.05, 4.69) is 5.32 Å². The molecule has 160 valence electrons. The van der Waals surface area contributed by atoms with Gasteiger partial charge in [-0.1, -0.05) is 30.3 Å². The third-order valence-corrected chi connectivity index (χ3v) is 5.55. The van der Waals surface area contributed by atoms with Gasteiger partial charge in [-0.05, 0) is 49.6 Å². The Labute approximate surface area is 181 Å². The van der Waals surface area contributed by atoms with Crippen LogP contribution in [-0.4, -0.2) is 30.1 Å². The fourth-order valence-corrected chi connectivity index (χ4v) is 4.14. The molecule has 6 heteroatoms. The Kier molecular flexibility index (Phi) is 6.07. The number of dihydropyridines is 1. The standard InChI is InChI=1S/C25H25NO5/c1-16-22(25(29)31-15-14-30-19-6-3-2-4-7-19)23(17-10-12-18(27)13-11-17)24-20(26-16)8-5-9-21(24)28/h2-4,6-7,10-13,23,26-27H,5,8-9,14-15H2,1H3. The lowest BCUT2D eigenvalue weighted by Gasteiger charge is -2.34. The van der Waals surface area contributed by atoms with Crippen molar-refractivity contribution in [3.05, 3.63) is 82.7 Å². The molecule has 4 rings (SSSR count). The summed E-state index contributed by atoms with van der Waals surface area (Å²) in [6.45, 7) is 2.15. The number of carbonyl (C=O) groups is 2. The molecule has 1 unspecified atom stereocenters. The second-order valence-electron chi connectivity index (χ2n) is 7.65. The first kappa shape index (κ1) is 20.7. The van der Waals surface area contributed by atoms with Gasteiger partial charge in [0.05, 0.1) is 5.57 Å². The van der Waals surface area contributed by atoms with E-state index in [4.69, 9.17) is 9.47 Å². The number of ketones is 1. The molecular weight excluding hydrogens is 394 g/mol. The number of benzene rings is 2. The molecule has 6 nitrogen and oxygen atoms in total. The molecule has 0 aromatic heterocycles. The minimum Gasteiger partial charge on any atom is -0.508 e. The molecule has 0 radical (unpaired) electrons. The van der Waals surface area contributed by atoms with Gasteiger partial charge in [-0.15, -0.1) is 0 Å². The Morgan fingerprint density at radius 2 is 1.81 bits per heavy atom. The van der Waals surface area contributed by atoms with Crippen LogP contribution in [0.1, 0.15) is 37.7 Å². The molecule has 31 heavy (non-hydrogen) atoms. The third kappa shape index (κ3) is 4.48. The SMILES string of the molecule is CC1=C(C(=O)OCCOc2ccccc2)C(c2ccc(O)cc2)C2=C(CCCC2=O)N1. The van der Waals surface area contributed by atoms with Gasteiger partial charge in [0.2, 0.25) is 0 Å². The molecule has 1 aliphatic carbocycles. The van der Waals surface area contributed by atoms with E-state index in [0.717, 1.165) is 24.1 Å². The van der Waals surface area contributed by atoms with Gasteiger partial charge >= 0.3 is 5.97 Å². The second kappa shape index (κ2) is 9.08. The maximum Gasteiger partial charge on any atom is 0.336 e. The molecule has 2 aromatic carbocycles. The number of ether oxygens (including phenoxy) is 2. The Morgan fingerprint density at radius 1 is 1.06 bits per heavy atom. The Bertz CT molecular complexity index is 1040. The number of phenols is 1. The molecule has 2 aromatic rings. The maximum absolute atomic E-state index is 13.1. The smallest absolute Gasteiger partial charge is 0.336 e. The highest BCUT2D eigenvalue weighted by atomic mass is 16.6. The van der Waals surface area contributed by atoms with Crippen LogP contribution in [0.3, 0.4) is 0 Å². The van der Waals surface area contributed by atoms with Crippen molar-refractivity contribution in [1.29, 1.82) is 0 Å². The topological polar surface area (TPSA) is 84.9 Å². The Balaban J connectivity index is 1.55. The summed E-state index contributed by atoms with van der Waals surface area (Å²) in [5, 5.41) is 13.0. The number of allylic oxidation sites excluding steroid dienone is 3. The molecule has 0 bridgehead atoms. The van der Waals surface area contributed by atoms with Gasteiger partial charge in [-0.25, -0.2) is 4.79 Å². The van der Waals surface area contributed by atoms with E-state index in [9.17, 15) is 14.7 Å². The van der Waals surface area contributed by atoms with Crippen molar-refractivity contribution in [2.24, 2.45) is 0 Å². The zero-order valence-electron chi connectivity index (χ0n) is 17.4. The average molecular weight is 419 g/mol. The monoisotopic (exact) mass is 419 g/mol. The van der Waals surface area contributed by atoms with E-state index in [1.54, 1.807) is 24.3 Å². The van der Waals surface area contributed by atoms with Gasteiger partial charge in [0.1, 0.15) is 24.7 Å². The molecule has 0 spiro atoms. The van der Waals surface area contributed by atoms with E-state index in [-0.39, 0.29) is 24.7 Å². The number of aromatic hydroxyl groups is 1. The molecular formula is C25H25NO5. The van der Waals surface area contributed by atoms with Gasteiger partial charge in [-0.3, -0.25) is 4.79 Å². The summed E-state index contributed by atoms with van der Waals surface area (Å²) in [5.74, 6) is -0.128. The number of hydrogen-bond acceptors (Lipinski definition) is 6. The summed E-state index contributed by atoms with van der Waals surface area (Å²) in [4.78, 5) is 25.9. The lowest BCUT2D eigenvalue weighted by Crippen LogP contribution is -2.34. The Hall–Kier alpha value is -3.54. The van der Waals surface area contributed by atoms with Crippen LogP contribution in [0.4, 0.5) is 0 Å². The van der Waals surface area contributed by atoms with Crippen LogP contribution < -0.4 is 10.1 Å². The lowest BCUT2D eigenvalue weighted by atomic mass is 9.75. The summed E-state index contributed by atoms with van der Waals surface area (Å²) in [6, 6.07) is 15.9. The number of carbonyl (C=O) groups excluding carboxylic acids is 2. The molecule has 2 aliphatic rings. The summed E-state index contributed by atoms with van der Waals surface area (Å²) in [6.07, 6.45) is 2.01. The highest BCUT2D eigenvalue weighted by molar-refractivity contribution is 6.03. The number of nitrogens with one attached hydrogen (secondary N) is 1. The van der Waals surface area contributed by atoms with E-state index in [1.165, 1.54) is 0 Å². The van der Waals surface area contributed by atoms with Gasteiger partial charge in [0, 0.05) is 29.3 Å². The fraction of sp³-hybridized carbons (Fsp3) is 0.280. The second-order valence-corrected chi connectivity index (χ2v) is 7.65. The van der Waals surface area contributed by atoms with Crippen LogP contribution in [0.2, 0.25) is 0 Å². The van der Waals surface area contributed by atoms with Crippen molar-refractivity contribution in [3.8, 4) is 11.5 Å². The molecule has 0 amide bonds. The maximum atomic E-state index is 13.1. The summed E-state index contributed by atoms with van der Waals surface area (Å²) >= 11 is 0. The minimum atomic E-state index is -0.521. The van der Waals surface area contributed by atoms with Crippen LogP contribution >= 0.6 is 0 Å². The van der Waals surface area contributed by atoms with E-state index in [1.807, 2.05) is 37.3 Å². The van der Waals surface area contributed by atoms with E-state index >= 15 is 0 Å². The average Bonchev–Trinajstić information content (AvgIpc) is 2.77. The van der Waals surface area contributed by atoms with Crippen molar-refractivity contribution in [3.63, 3.8) is 0 Å². The van der Waals surface area contributed by atoms with Crippen LogP contribution in [0.15, 0.2) is 77.1 Å². The number of esters is 1. The zero-order chi connectivity index (χ0) is 21.8. The van der Waals surface area contributed by atoms with Crippen LogP contribution in [0.25, 0.3) is 0 Å². The van der Waals surface area contributed by atoms with Gasteiger partial charge in [0.15, 0.2) is 5.78 Å². The van der Waals surface area contributed by atoms with Crippen molar-refractivity contribution in [2.75, 3.05) is 13.2 Å². The number of para-hydroxylation sites is 1. The Morgan fingerprint density at radius 3 is 2.55 bits per heavy atom.